The SMILES string of the molecule is O=c1[nH]c(NCCCN2CCN(c3ccccc3)CC2)nc2c1cnn2-c1ccccc1. The van der Waals surface area contributed by atoms with Crippen LogP contribution in [0.4, 0.5) is 11.6 Å². The molecule has 0 amide bonds. The van der Waals surface area contributed by atoms with Gasteiger partial charge < -0.3 is 10.2 Å². The number of piperazine rings is 1. The highest BCUT2D eigenvalue weighted by atomic mass is 16.1. The maximum absolute atomic E-state index is 12.5. The lowest BCUT2D eigenvalue weighted by Gasteiger charge is -2.36. The van der Waals surface area contributed by atoms with E-state index < -0.39 is 0 Å². The molecule has 4 aromatic rings. The van der Waals surface area contributed by atoms with Gasteiger partial charge >= 0.3 is 0 Å². The van der Waals surface area contributed by atoms with Crippen LogP contribution in [0.25, 0.3) is 16.7 Å². The first-order chi connectivity index (χ1) is 15.8. The van der Waals surface area contributed by atoms with Gasteiger partial charge in [0.25, 0.3) is 5.56 Å². The number of benzene rings is 2. The fraction of sp³-hybridized carbons (Fsp3) is 0.292. The molecule has 32 heavy (non-hydrogen) atoms. The molecule has 0 radical (unpaired) electrons. The number of aromatic amines is 1. The Kier molecular flexibility index (Phi) is 5.85. The van der Waals surface area contributed by atoms with Crippen LogP contribution in [-0.4, -0.2) is 63.9 Å². The molecule has 1 aliphatic rings. The number of hydrogen-bond donors (Lipinski definition) is 2. The van der Waals surface area contributed by atoms with Crippen molar-refractivity contribution < 1.29 is 0 Å². The molecule has 1 aliphatic heterocycles. The lowest BCUT2D eigenvalue weighted by molar-refractivity contribution is 0.257. The molecule has 0 saturated carbocycles. The molecule has 0 atom stereocenters. The number of aromatic nitrogens is 4. The number of fused-ring (bicyclic) bond motifs is 1. The maximum atomic E-state index is 12.5. The zero-order valence-electron chi connectivity index (χ0n) is 17.9. The van der Waals surface area contributed by atoms with Crippen LogP contribution in [0.3, 0.4) is 0 Å². The zero-order chi connectivity index (χ0) is 21.8. The predicted octanol–water partition coefficient (Wildman–Crippen LogP) is 2.73. The molecule has 0 bridgehead atoms. The number of nitrogens with zero attached hydrogens (tertiary/aromatic N) is 5. The Labute approximate surface area is 186 Å². The summed E-state index contributed by atoms with van der Waals surface area (Å²) in [7, 11) is 0. The van der Waals surface area contributed by atoms with E-state index in [1.807, 2.05) is 30.3 Å². The number of nitrogens with one attached hydrogen (secondary N) is 2. The minimum absolute atomic E-state index is 0.184. The van der Waals surface area contributed by atoms with Crippen LogP contribution in [0.15, 0.2) is 71.7 Å². The van der Waals surface area contributed by atoms with Crippen molar-refractivity contribution in [1.82, 2.24) is 24.6 Å². The molecule has 2 aromatic heterocycles. The summed E-state index contributed by atoms with van der Waals surface area (Å²) < 4.78 is 1.70. The summed E-state index contributed by atoms with van der Waals surface area (Å²) >= 11 is 0. The second-order valence-electron chi connectivity index (χ2n) is 7.99. The van der Waals surface area contributed by atoms with E-state index in [9.17, 15) is 4.79 Å². The van der Waals surface area contributed by atoms with Gasteiger partial charge in [-0.2, -0.15) is 10.1 Å². The van der Waals surface area contributed by atoms with Crippen molar-refractivity contribution in [1.29, 1.82) is 0 Å². The summed E-state index contributed by atoms with van der Waals surface area (Å²) in [6.07, 6.45) is 2.54. The summed E-state index contributed by atoms with van der Waals surface area (Å²) in [5.41, 5.74) is 2.55. The molecule has 0 unspecified atom stereocenters. The largest absolute Gasteiger partial charge is 0.369 e. The molecule has 2 aromatic carbocycles. The Bertz CT molecular complexity index is 1210. The van der Waals surface area contributed by atoms with Gasteiger partial charge in [-0.3, -0.25) is 14.7 Å². The third-order valence-corrected chi connectivity index (χ3v) is 5.88. The first kappa shape index (κ1) is 20.3. The Balaban J connectivity index is 1.16. The van der Waals surface area contributed by atoms with Gasteiger partial charge in [0.1, 0.15) is 5.39 Å². The van der Waals surface area contributed by atoms with Crippen LogP contribution < -0.4 is 15.8 Å². The van der Waals surface area contributed by atoms with E-state index in [1.165, 1.54) is 5.69 Å². The Morgan fingerprint density at radius 2 is 1.59 bits per heavy atom. The number of H-pyrrole nitrogens is 1. The monoisotopic (exact) mass is 429 g/mol. The van der Waals surface area contributed by atoms with Gasteiger partial charge in [0, 0.05) is 38.4 Å². The summed E-state index contributed by atoms with van der Waals surface area (Å²) in [5.74, 6) is 0.481. The highest BCUT2D eigenvalue weighted by molar-refractivity contribution is 5.76. The van der Waals surface area contributed by atoms with Crippen LogP contribution in [0, 0.1) is 0 Å². The topological polar surface area (TPSA) is 82.1 Å². The normalized spacial score (nSPS) is 14.7. The number of hydrogen-bond acceptors (Lipinski definition) is 6. The molecule has 0 spiro atoms. The molecule has 8 nitrogen and oxygen atoms in total. The lowest BCUT2D eigenvalue weighted by Crippen LogP contribution is -2.46. The van der Waals surface area contributed by atoms with Gasteiger partial charge in [-0.1, -0.05) is 36.4 Å². The third-order valence-electron chi connectivity index (χ3n) is 5.88. The van der Waals surface area contributed by atoms with Crippen molar-refractivity contribution in [2.45, 2.75) is 6.42 Å². The van der Waals surface area contributed by atoms with Crippen molar-refractivity contribution in [3.8, 4) is 5.69 Å². The third kappa shape index (κ3) is 4.36. The van der Waals surface area contributed by atoms with Crippen molar-refractivity contribution in [3.63, 3.8) is 0 Å². The van der Waals surface area contributed by atoms with E-state index in [2.05, 4.69) is 60.5 Å². The highest BCUT2D eigenvalue weighted by Crippen LogP contribution is 2.16. The standard InChI is InChI=1S/C24H27N7O/c32-23-21-18-26-31(20-10-5-2-6-11-20)22(21)27-24(28-23)25-12-7-13-29-14-16-30(17-15-29)19-8-3-1-4-9-19/h1-6,8-11,18H,7,12-17H2,(H2,25,27,28,32). The van der Waals surface area contributed by atoms with Gasteiger partial charge in [-0.05, 0) is 37.2 Å². The smallest absolute Gasteiger partial charge is 0.263 e. The van der Waals surface area contributed by atoms with E-state index >= 15 is 0 Å². The summed E-state index contributed by atoms with van der Waals surface area (Å²) in [4.78, 5) is 24.8. The van der Waals surface area contributed by atoms with Crippen molar-refractivity contribution in [2.75, 3.05) is 49.5 Å². The molecule has 164 valence electrons. The lowest BCUT2D eigenvalue weighted by atomic mass is 10.2. The average Bonchev–Trinajstić information content (AvgIpc) is 3.28. The van der Waals surface area contributed by atoms with Gasteiger partial charge in [0.15, 0.2) is 5.65 Å². The first-order valence-corrected chi connectivity index (χ1v) is 11.1. The molecule has 3 heterocycles. The molecular weight excluding hydrogens is 402 g/mol. The first-order valence-electron chi connectivity index (χ1n) is 11.1. The van der Waals surface area contributed by atoms with E-state index in [0.717, 1.165) is 51.4 Å². The molecule has 8 heteroatoms. The summed E-state index contributed by atoms with van der Waals surface area (Å²) in [5, 5.41) is 8.11. The summed E-state index contributed by atoms with van der Waals surface area (Å²) in [6, 6.07) is 20.3. The molecule has 1 saturated heterocycles. The zero-order valence-corrected chi connectivity index (χ0v) is 17.9. The van der Waals surface area contributed by atoms with Gasteiger partial charge in [-0.15, -0.1) is 0 Å². The van der Waals surface area contributed by atoms with Crippen LogP contribution in [-0.2, 0) is 0 Å². The molecular formula is C24H27N7O. The van der Waals surface area contributed by atoms with Gasteiger partial charge in [0.05, 0.1) is 11.9 Å². The van der Waals surface area contributed by atoms with Crippen LogP contribution in [0.5, 0.6) is 0 Å². The van der Waals surface area contributed by atoms with E-state index in [0.29, 0.717) is 17.0 Å². The summed E-state index contributed by atoms with van der Waals surface area (Å²) in [6.45, 7) is 5.98. The van der Waals surface area contributed by atoms with Crippen LogP contribution in [0.1, 0.15) is 6.42 Å². The van der Waals surface area contributed by atoms with E-state index in [1.54, 1.807) is 10.9 Å². The molecule has 0 aliphatic carbocycles. The molecule has 1 fully saturated rings. The van der Waals surface area contributed by atoms with Crippen molar-refractivity contribution in [2.24, 2.45) is 0 Å². The Morgan fingerprint density at radius 1 is 0.906 bits per heavy atom. The van der Waals surface area contributed by atoms with Crippen molar-refractivity contribution >= 4 is 22.7 Å². The van der Waals surface area contributed by atoms with Crippen molar-refractivity contribution in [3.05, 3.63) is 77.2 Å². The predicted molar refractivity (Wildman–Crippen MR) is 128 cm³/mol. The second kappa shape index (κ2) is 9.23. The number of anilines is 2. The number of para-hydroxylation sites is 2. The number of rotatable bonds is 7. The fourth-order valence-corrected chi connectivity index (χ4v) is 4.14. The second-order valence-corrected chi connectivity index (χ2v) is 7.99. The Hall–Kier alpha value is -3.65. The van der Waals surface area contributed by atoms with Gasteiger partial charge in [-0.25, -0.2) is 4.68 Å². The average molecular weight is 430 g/mol. The van der Waals surface area contributed by atoms with Crippen LogP contribution in [0.2, 0.25) is 0 Å². The minimum atomic E-state index is -0.184. The van der Waals surface area contributed by atoms with E-state index in [4.69, 9.17) is 0 Å². The fourth-order valence-electron chi connectivity index (χ4n) is 4.14. The van der Waals surface area contributed by atoms with Gasteiger partial charge in [0.2, 0.25) is 5.95 Å². The quantitative estimate of drug-likeness (QED) is 0.440. The van der Waals surface area contributed by atoms with E-state index in [-0.39, 0.29) is 5.56 Å². The van der Waals surface area contributed by atoms with Crippen LogP contribution >= 0.6 is 0 Å². The molecule has 5 rings (SSSR count). The molecule has 2 N–H and O–H groups in total. The Morgan fingerprint density at radius 3 is 2.31 bits per heavy atom. The highest BCUT2D eigenvalue weighted by Gasteiger charge is 2.16. The maximum Gasteiger partial charge on any atom is 0.263 e. The minimum Gasteiger partial charge on any atom is -0.369 e.